The van der Waals surface area contributed by atoms with Crippen molar-refractivity contribution in [3.8, 4) is 11.4 Å². The van der Waals surface area contributed by atoms with Gasteiger partial charge >= 0.3 is 5.97 Å². The molecule has 0 atom stereocenters. The van der Waals surface area contributed by atoms with Crippen LogP contribution in [0, 0.1) is 13.8 Å². The Morgan fingerprint density at radius 2 is 1.89 bits per heavy atom. The predicted molar refractivity (Wildman–Crippen MR) is 104 cm³/mol. The summed E-state index contributed by atoms with van der Waals surface area (Å²) >= 11 is 0. The molecule has 2 aromatic carbocycles. The van der Waals surface area contributed by atoms with Gasteiger partial charge in [0.15, 0.2) is 6.61 Å². The lowest BCUT2D eigenvalue weighted by molar-refractivity contribution is -0.147. The molecule has 0 aliphatic rings. The van der Waals surface area contributed by atoms with E-state index in [4.69, 9.17) is 9.26 Å². The molecule has 1 heterocycles. The lowest BCUT2D eigenvalue weighted by Crippen LogP contribution is -2.21. The van der Waals surface area contributed by atoms with Crippen molar-refractivity contribution in [2.45, 2.75) is 26.7 Å². The van der Waals surface area contributed by atoms with Crippen molar-refractivity contribution in [2.24, 2.45) is 0 Å². The number of nitrogens with one attached hydrogen (secondary N) is 1. The summed E-state index contributed by atoms with van der Waals surface area (Å²) in [6.07, 6.45) is 0.296. The van der Waals surface area contributed by atoms with Gasteiger partial charge in [-0.2, -0.15) is 4.98 Å². The summed E-state index contributed by atoms with van der Waals surface area (Å²) in [4.78, 5) is 28.1. The third-order valence-corrected chi connectivity index (χ3v) is 4.07. The van der Waals surface area contributed by atoms with Crippen molar-refractivity contribution in [1.29, 1.82) is 0 Å². The van der Waals surface area contributed by atoms with Crippen LogP contribution < -0.4 is 5.32 Å². The Morgan fingerprint density at radius 3 is 2.68 bits per heavy atom. The van der Waals surface area contributed by atoms with Crippen LogP contribution in [0.3, 0.4) is 0 Å². The summed E-state index contributed by atoms with van der Waals surface area (Å²) in [5, 5.41) is 6.64. The summed E-state index contributed by atoms with van der Waals surface area (Å²) in [7, 11) is 0. The minimum absolute atomic E-state index is 0.0488. The molecule has 7 heteroatoms. The number of benzene rings is 2. The number of hydrogen-bond donors (Lipinski definition) is 1. The molecule has 0 spiro atoms. The molecule has 0 bridgehead atoms. The summed E-state index contributed by atoms with van der Waals surface area (Å²) in [6, 6.07) is 15.2. The Balaban J connectivity index is 1.44. The maximum absolute atomic E-state index is 12.0. The summed E-state index contributed by atoms with van der Waals surface area (Å²) < 4.78 is 10.2. The quantitative estimate of drug-likeness (QED) is 0.632. The number of aryl methyl sites for hydroxylation is 3. The average Bonchev–Trinajstić information content (AvgIpc) is 3.17. The summed E-state index contributed by atoms with van der Waals surface area (Å²) in [5.41, 5.74) is 3.52. The molecule has 1 N–H and O–H groups in total. The number of anilines is 1. The topological polar surface area (TPSA) is 94.3 Å². The van der Waals surface area contributed by atoms with E-state index in [0.717, 1.165) is 16.7 Å². The van der Waals surface area contributed by atoms with E-state index in [0.29, 0.717) is 17.4 Å². The number of esters is 1. The van der Waals surface area contributed by atoms with E-state index in [9.17, 15) is 9.59 Å². The number of carbonyl (C=O) groups is 2. The molecule has 3 rings (SSSR count). The molecule has 0 unspecified atom stereocenters. The first-order valence-corrected chi connectivity index (χ1v) is 8.92. The van der Waals surface area contributed by atoms with Gasteiger partial charge < -0.3 is 14.6 Å². The molecule has 28 heavy (non-hydrogen) atoms. The van der Waals surface area contributed by atoms with E-state index in [-0.39, 0.29) is 25.4 Å². The van der Waals surface area contributed by atoms with Crippen LogP contribution in [0.1, 0.15) is 23.4 Å². The van der Waals surface area contributed by atoms with Crippen molar-refractivity contribution >= 4 is 17.6 Å². The van der Waals surface area contributed by atoms with Crippen LogP contribution in [0.25, 0.3) is 11.4 Å². The molecule has 0 aliphatic carbocycles. The minimum Gasteiger partial charge on any atom is -0.456 e. The SMILES string of the molecule is Cc1ccc(C)c(NC(=O)COC(=O)CCc2nc(-c3ccccc3)no2)c1. The van der Waals surface area contributed by atoms with Gasteiger partial charge in [0.05, 0.1) is 6.42 Å². The van der Waals surface area contributed by atoms with Crippen LogP contribution in [-0.2, 0) is 20.7 Å². The normalized spacial score (nSPS) is 10.5. The maximum atomic E-state index is 12.0. The van der Waals surface area contributed by atoms with Crippen molar-refractivity contribution in [3.05, 3.63) is 65.5 Å². The minimum atomic E-state index is -0.504. The zero-order valence-corrected chi connectivity index (χ0v) is 15.8. The highest BCUT2D eigenvalue weighted by atomic mass is 16.5. The molecule has 1 amide bonds. The van der Waals surface area contributed by atoms with Gasteiger partial charge in [-0.05, 0) is 31.0 Å². The number of rotatable bonds is 7. The smallest absolute Gasteiger partial charge is 0.306 e. The zero-order chi connectivity index (χ0) is 19.9. The summed E-state index contributed by atoms with van der Waals surface area (Å²) in [5.74, 6) is -0.0747. The second-order valence-electron chi connectivity index (χ2n) is 6.40. The highest BCUT2D eigenvalue weighted by Gasteiger charge is 2.13. The van der Waals surface area contributed by atoms with Crippen LogP contribution in [-0.4, -0.2) is 28.6 Å². The number of ether oxygens (including phenoxy) is 1. The predicted octanol–water partition coefficient (Wildman–Crippen LogP) is 3.47. The highest BCUT2D eigenvalue weighted by molar-refractivity contribution is 5.93. The van der Waals surface area contributed by atoms with Crippen LogP contribution in [0.15, 0.2) is 53.1 Å². The van der Waals surface area contributed by atoms with E-state index in [2.05, 4.69) is 15.5 Å². The van der Waals surface area contributed by atoms with Crippen LogP contribution >= 0.6 is 0 Å². The van der Waals surface area contributed by atoms with Gasteiger partial charge in [0.25, 0.3) is 5.91 Å². The van der Waals surface area contributed by atoms with Gasteiger partial charge in [0.1, 0.15) is 0 Å². The van der Waals surface area contributed by atoms with Gasteiger partial charge in [-0.3, -0.25) is 9.59 Å². The van der Waals surface area contributed by atoms with Crippen molar-refractivity contribution < 1.29 is 18.8 Å². The monoisotopic (exact) mass is 379 g/mol. The van der Waals surface area contributed by atoms with Crippen molar-refractivity contribution in [3.63, 3.8) is 0 Å². The first-order valence-electron chi connectivity index (χ1n) is 8.92. The second-order valence-corrected chi connectivity index (χ2v) is 6.40. The molecule has 3 aromatic rings. The third-order valence-electron chi connectivity index (χ3n) is 4.07. The average molecular weight is 379 g/mol. The maximum Gasteiger partial charge on any atom is 0.306 e. The third kappa shape index (κ3) is 5.26. The zero-order valence-electron chi connectivity index (χ0n) is 15.8. The largest absolute Gasteiger partial charge is 0.456 e. The van der Waals surface area contributed by atoms with Gasteiger partial charge in [-0.1, -0.05) is 47.6 Å². The molecule has 1 aromatic heterocycles. The Kier molecular flexibility index (Phi) is 6.16. The van der Waals surface area contributed by atoms with Crippen LogP contribution in [0.2, 0.25) is 0 Å². The Labute approximate surface area is 162 Å². The number of nitrogens with zero attached hydrogens (tertiary/aromatic N) is 2. The van der Waals surface area contributed by atoms with Crippen LogP contribution in [0.4, 0.5) is 5.69 Å². The molecular weight excluding hydrogens is 358 g/mol. The summed E-state index contributed by atoms with van der Waals surface area (Å²) in [6.45, 7) is 3.50. The molecule has 0 saturated carbocycles. The first-order chi connectivity index (χ1) is 13.5. The molecule has 0 saturated heterocycles. The van der Waals surface area contributed by atoms with Gasteiger partial charge in [-0.25, -0.2) is 0 Å². The Morgan fingerprint density at radius 1 is 1.11 bits per heavy atom. The number of hydrogen-bond acceptors (Lipinski definition) is 6. The van der Waals surface area contributed by atoms with E-state index >= 15 is 0 Å². The standard InChI is InChI=1S/C21H21N3O4/c1-14-8-9-15(2)17(12-14)22-18(25)13-27-20(26)11-10-19-23-21(24-28-19)16-6-4-3-5-7-16/h3-9,12H,10-11,13H2,1-2H3,(H,22,25). The first kappa shape index (κ1) is 19.3. The van der Waals surface area contributed by atoms with Gasteiger partial charge in [-0.15, -0.1) is 0 Å². The number of aromatic nitrogens is 2. The molecule has 0 fully saturated rings. The highest BCUT2D eigenvalue weighted by Crippen LogP contribution is 2.17. The lowest BCUT2D eigenvalue weighted by atomic mass is 10.1. The Bertz CT molecular complexity index is 967. The molecule has 7 nitrogen and oxygen atoms in total. The second kappa shape index (κ2) is 8.94. The Hall–Kier alpha value is -3.48. The molecular formula is C21H21N3O4. The lowest BCUT2D eigenvalue weighted by Gasteiger charge is -2.09. The van der Waals surface area contributed by atoms with E-state index in [1.54, 1.807) is 0 Å². The van der Waals surface area contributed by atoms with E-state index < -0.39 is 5.97 Å². The van der Waals surface area contributed by atoms with E-state index in [1.165, 1.54) is 0 Å². The van der Waals surface area contributed by atoms with Gasteiger partial charge in [0.2, 0.25) is 11.7 Å². The fourth-order valence-corrected chi connectivity index (χ4v) is 2.54. The van der Waals surface area contributed by atoms with Crippen molar-refractivity contribution in [2.75, 3.05) is 11.9 Å². The molecule has 144 valence electrons. The number of carbonyl (C=O) groups excluding carboxylic acids is 2. The fraction of sp³-hybridized carbons (Fsp3) is 0.238. The van der Waals surface area contributed by atoms with Gasteiger partial charge in [0, 0.05) is 17.7 Å². The van der Waals surface area contributed by atoms with E-state index in [1.807, 2.05) is 62.4 Å². The molecule has 0 radical (unpaired) electrons. The van der Waals surface area contributed by atoms with Crippen LogP contribution in [0.5, 0.6) is 0 Å². The van der Waals surface area contributed by atoms with Crippen molar-refractivity contribution in [1.82, 2.24) is 10.1 Å². The number of amides is 1. The fourth-order valence-electron chi connectivity index (χ4n) is 2.54. The molecule has 0 aliphatic heterocycles.